The van der Waals surface area contributed by atoms with Gasteiger partial charge in [0.2, 0.25) is 10.0 Å². The quantitative estimate of drug-likeness (QED) is 0.641. The Morgan fingerprint density at radius 3 is 2.62 bits per heavy atom. The van der Waals surface area contributed by atoms with E-state index in [1.807, 2.05) is 19.4 Å². The topological polar surface area (TPSA) is 61.4 Å². The predicted molar refractivity (Wildman–Crippen MR) is 89.4 cm³/mol. The van der Waals surface area contributed by atoms with Gasteiger partial charge in [0.15, 0.2) is 0 Å². The highest BCUT2D eigenvalue weighted by atomic mass is 32.2. The van der Waals surface area contributed by atoms with Crippen molar-refractivity contribution < 1.29 is 8.42 Å². The smallest absolute Gasteiger partial charge is 0.242 e. The van der Waals surface area contributed by atoms with Gasteiger partial charge in [0, 0.05) is 24.5 Å². The van der Waals surface area contributed by atoms with Crippen LogP contribution in [0.5, 0.6) is 0 Å². The van der Waals surface area contributed by atoms with Crippen molar-refractivity contribution in [1.29, 1.82) is 0 Å². The summed E-state index contributed by atoms with van der Waals surface area (Å²) < 4.78 is 27.7. The van der Waals surface area contributed by atoms with E-state index in [1.165, 1.54) is 11.3 Å². The largest absolute Gasteiger partial charge is 0.312 e. The van der Waals surface area contributed by atoms with Crippen molar-refractivity contribution in [3.8, 4) is 0 Å². The van der Waals surface area contributed by atoms with Crippen molar-refractivity contribution in [2.24, 2.45) is 0 Å². The molecule has 0 bridgehead atoms. The Morgan fingerprint density at radius 2 is 2.00 bits per heavy atom. The normalized spacial score (nSPS) is 12.2. The van der Waals surface area contributed by atoms with Crippen LogP contribution in [0.1, 0.15) is 30.7 Å². The lowest BCUT2D eigenvalue weighted by Gasteiger charge is -2.15. The van der Waals surface area contributed by atoms with Crippen LogP contribution in [0, 0.1) is 6.92 Å². The molecule has 1 heterocycles. The van der Waals surface area contributed by atoms with Gasteiger partial charge in [0.05, 0.1) is 0 Å². The number of thiophene rings is 1. The molecule has 0 atom stereocenters. The number of hydrogen-bond acceptors (Lipinski definition) is 5. The second-order valence-electron chi connectivity index (χ2n) is 5.14. The molecule has 1 rings (SSSR count). The Balaban J connectivity index is 2.75. The summed E-state index contributed by atoms with van der Waals surface area (Å²) in [6.07, 6.45) is 1.04. The van der Waals surface area contributed by atoms with Crippen molar-refractivity contribution in [2.45, 2.75) is 38.6 Å². The van der Waals surface area contributed by atoms with E-state index in [0.717, 1.165) is 30.0 Å². The first-order valence-electron chi connectivity index (χ1n) is 7.38. The number of aryl methyl sites for hydroxylation is 1. The molecular formula is C14H27N3O2S2. The first kappa shape index (κ1) is 18.6. The molecule has 1 aromatic rings. The SMILES string of the molecule is CCCNCc1scc(C)c1S(=O)(=O)NCCN(C)CC. The van der Waals surface area contributed by atoms with Crippen LogP contribution in [0.15, 0.2) is 10.3 Å². The fourth-order valence-corrected chi connectivity index (χ4v) is 4.75. The van der Waals surface area contributed by atoms with Gasteiger partial charge in [-0.2, -0.15) is 0 Å². The molecule has 122 valence electrons. The van der Waals surface area contributed by atoms with Crippen molar-refractivity contribution in [3.63, 3.8) is 0 Å². The average Bonchev–Trinajstić information content (AvgIpc) is 2.80. The molecule has 0 aliphatic rings. The molecule has 0 aliphatic heterocycles. The minimum absolute atomic E-state index is 0.434. The van der Waals surface area contributed by atoms with Crippen LogP contribution in [0.2, 0.25) is 0 Å². The van der Waals surface area contributed by atoms with Crippen LogP contribution in [-0.4, -0.2) is 46.5 Å². The molecule has 0 radical (unpaired) electrons. The lowest BCUT2D eigenvalue weighted by Crippen LogP contribution is -2.33. The zero-order valence-corrected chi connectivity index (χ0v) is 15.0. The first-order chi connectivity index (χ1) is 9.92. The van der Waals surface area contributed by atoms with Crippen molar-refractivity contribution >= 4 is 21.4 Å². The van der Waals surface area contributed by atoms with E-state index in [1.54, 1.807) is 0 Å². The third-order valence-electron chi connectivity index (χ3n) is 3.30. The summed E-state index contributed by atoms with van der Waals surface area (Å²) in [6.45, 7) is 9.55. The van der Waals surface area contributed by atoms with Gasteiger partial charge in [-0.25, -0.2) is 13.1 Å². The zero-order chi connectivity index (χ0) is 15.9. The Kier molecular flexibility index (Phi) is 7.83. The third kappa shape index (κ3) is 5.67. The van der Waals surface area contributed by atoms with Crippen LogP contribution in [0.3, 0.4) is 0 Å². The van der Waals surface area contributed by atoms with Crippen LogP contribution in [0.4, 0.5) is 0 Å². The summed E-state index contributed by atoms with van der Waals surface area (Å²) in [4.78, 5) is 3.42. The molecule has 21 heavy (non-hydrogen) atoms. The summed E-state index contributed by atoms with van der Waals surface area (Å²) >= 11 is 1.51. The molecule has 5 nitrogen and oxygen atoms in total. The Bertz CT molecular complexity index is 526. The molecule has 0 saturated carbocycles. The number of rotatable bonds is 10. The Hall–Kier alpha value is -0.470. The van der Waals surface area contributed by atoms with E-state index >= 15 is 0 Å². The van der Waals surface area contributed by atoms with Gasteiger partial charge < -0.3 is 10.2 Å². The molecule has 0 fully saturated rings. The zero-order valence-electron chi connectivity index (χ0n) is 13.4. The monoisotopic (exact) mass is 333 g/mol. The van der Waals surface area contributed by atoms with Gasteiger partial charge in [-0.15, -0.1) is 11.3 Å². The highest BCUT2D eigenvalue weighted by Crippen LogP contribution is 2.26. The number of nitrogens with zero attached hydrogens (tertiary/aromatic N) is 1. The molecule has 0 spiro atoms. The molecule has 0 aromatic carbocycles. The summed E-state index contributed by atoms with van der Waals surface area (Å²) in [5, 5.41) is 5.18. The molecular weight excluding hydrogens is 306 g/mol. The lowest BCUT2D eigenvalue weighted by atomic mass is 10.3. The van der Waals surface area contributed by atoms with E-state index < -0.39 is 10.0 Å². The average molecular weight is 334 g/mol. The van der Waals surface area contributed by atoms with Gasteiger partial charge in [0.1, 0.15) is 4.90 Å². The number of likely N-dealkylation sites (N-methyl/N-ethyl adjacent to an activating group) is 1. The second kappa shape index (κ2) is 8.85. The van der Waals surface area contributed by atoms with Crippen molar-refractivity contribution in [2.75, 3.05) is 33.2 Å². The minimum Gasteiger partial charge on any atom is -0.312 e. The number of nitrogens with one attached hydrogen (secondary N) is 2. The molecule has 0 unspecified atom stereocenters. The Morgan fingerprint density at radius 1 is 1.29 bits per heavy atom. The molecule has 0 aliphatic carbocycles. The molecule has 0 amide bonds. The van der Waals surface area contributed by atoms with Gasteiger partial charge in [-0.05, 0) is 44.4 Å². The van der Waals surface area contributed by atoms with Gasteiger partial charge in [0.25, 0.3) is 0 Å². The van der Waals surface area contributed by atoms with Crippen LogP contribution in [-0.2, 0) is 16.6 Å². The predicted octanol–water partition coefficient (Wildman–Crippen LogP) is 1.79. The Labute approximate surface area is 132 Å². The lowest BCUT2D eigenvalue weighted by molar-refractivity contribution is 0.358. The van der Waals surface area contributed by atoms with Crippen LogP contribution < -0.4 is 10.0 Å². The maximum atomic E-state index is 12.5. The van der Waals surface area contributed by atoms with Gasteiger partial charge in [-0.3, -0.25) is 0 Å². The fraction of sp³-hybridized carbons (Fsp3) is 0.714. The van der Waals surface area contributed by atoms with E-state index in [-0.39, 0.29) is 0 Å². The first-order valence-corrected chi connectivity index (χ1v) is 9.74. The van der Waals surface area contributed by atoms with E-state index in [4.69, 9.17) is 0 Å². The number of sulfonamides is 1. The van der Waals surface area contributed by atoms with E-state index in [9.17, 15) is 8.42 Å². The maximum absolute atomic E-state index is 12.5. The third-order valence-corrected chi connectivity index (χ3v) is 6.22. The highest BCUT2D eigenvalue weighted by Gasteiger charge is 2.22. The van der Waals surface area contributed by atoms with E-state index in [2.05, 4.69) is 28.8 Å². The number of hydrogen-bond donors (Lipinski definition) is 2. The maximum Gasteiger partial charge on any atom is 0.242 e. The fourth-order valence-electron chi connectivity index (χ4n) is 1.95. The van der Waals surface area contributed by atoms with E-state index in [0.29, 0.717) is 24.5 Å². The summed E-state index contributed by atoms with van der Waals surface area (Å²) in [5.74, 6) is 0. The molecule has 0 saturated heterocycles. The van der Waals surface area contributed by atoms with Crippen molar-refractivity contribution in [3.05, 3.63) is 15.8 Å². The summed E-state index contributed by atoms with van der Waals surface area (Å²) in [6, 6.07) is 0. The standard InChI is InChI=1S/C14H27N3O2S2/c1-5-7-15-10-13-14(12(3)11-20-13)21(18,19)16-8-9-17(4)6-2/h11,15-16H,5-10H2,1-4H3. The second-order valence-corrected chi connectivity index (χ2v) is 7.81. The van der Waals surface area contributed by atoms with Crippen LogP contribution in [0.25, 0.3) is 0 Å². The van der Waals surface area contributed by atoms with Gasteiger partial charge >= 0.3 is 0 Å². The molecule has 2 N–H and O–H groups in total. The summed E-state index contributed by atoms with van der Waals surface area (Å²) in [5.41, 5.74) is 0.824. The molecule has 1 aromatic heterocycles. The summed E-state index contributed by atoms with van der Waals surface area (Å²) in [7, 11) is -1.45. The van der Waals surface area contributed by atoms with Gasteiger partial charge in [-0.1, -0.05) is 13.8 Å². The molecule has 7 heteroatoms. The van der Waals surface area contributed by atoms with Crippen molar-refractivity contribution in [1.82, 2.24) is 14.9 Å². The highest BCUT2D eigenvalue weighted by molar-refractivity contribution is 7.89. The van der Waals surface area contributed by atoms with Crippen LogP contribution >= 0.6 is 11.3 Å². The minimum atomic E-state index is -3.43.